The van der Waals surface area contributed by atoms with Crippen molar-refractivity contribution in [1.82, 2.24) is 16.2 Å². The molecule has 1 heterocycles. The van der Waals surface area contributed by atoms with Crippen LogP contribution >= 0.6 is 0 Å². The Morgan fingerprint density at radius 1 is 1.35 bits per heavy atom. The van der Waals surface area contributed by atoms with Crippen LogP contribution in [0.1, 0.15) is 6.42 Å². The molecule has 20 heavy (non-hydrogen) atoms. The van der Waals surface area contributed by atoms with Crippen LogP contribution in [0.25, 0.3) is 0 Å². The summed E-state index contributed by atoms with van der Waals surface area (Å²) < 4.78 is 10.5. The molecule has 1 saturated heterocycles. The lowest BCUT2D eigenvalue weighted by atomic mass is 10.2. The molecule has 0 aliphatic carbocycles. The van der Waals surface area contributed by atoms with Gasteiger partial charge in [-0.2, -0.15) is 0 Å². The Morgan fingerprint density at radius 3 is 2.65 bits per heavy atom. The summed E-state index contributed by atoms with van der Waals surface area (Å²) in [4.78, 5) is 22.6. The number of hydrazine groups is 1. The number of amides is 2. The maximum atomic E-state index is 11.6. The van der Waals surface area contributed by atoms with Gasteiger partial charge in [-0.1, -0.05) is 0 Å². The normalized spacial score (nSPS) is 17.4. The zero-order valence-corrected chi connectivity index (χ0v) is 11.1. The summed E-state index contributed by atoms with van der Waals surface area (Å²) in [7, 11) is 1.60. The van der Waals surface area contributed by atoms with Gasteiger partial charge in [0.15, 0.2) is 0 Å². The highest BCUT2D eigenvalue weighted by Crippen LogP contribution is 2.16. The number of carbonyl (C=O) groups excluding carboxylic acids is 2. The number of nitrogens with one attached hydrogen (secondary N) is 3. The van der Waals surface area contributed by atoms with E-state index in [2.05, 4.69) is 16.2 Å². The topological polar surface area (TPSA) is 88.7 Å². The SMILES string of the molecule is COc1ccc(OCCNC(=O)C2CC(=O)NN2)cc1. The predicted octanol–water partition coefficient (Wildman–Crippen LogP) is -0.417. The summed E-state index contributed by atoms with van der Waals surface area (Å²) in [5.74, 6) is 1.06. The van der Waals surface area contributed by atoms with E-state index in [-0.39, 0.29) is 18.2 Å². The molecule has 0 bridgehead atoms. The van der Waals surface area contributed by atoms with Crippen LogP contribution in [-0.4, -0.2) is 38.1 Å². The fourth-order valence-corrected chi connectivity index (χ4v) is 1.75. The molecule has 1 atom stereocenters. The van der Waals surface area contributed by atoms with Crippen molar-refractivity contribution in [2.24, 2.45) is 0 Å². The van der Waals surface area contributed by atoms with E-state index in [1.165, 1.54) is 0 Å². The van der Waals surface area contributed by atoms with Gasteiger partial charge in [-0.05, 0) is 24.3 Å². The van der Waals surface area contributed by atoms with Crippen LogP contribution in [0.2, 0.25) is 0 Å². The number of rotatable bonds is 6. The molecule has 3 N–H and O–H groups in total. The Morgan fingerprint density at radius 2 is 2.05 bits per heavy atom. The van der Waals surface area contributed by atoms with Crippen molar-refractivity contribution in [3.63, 3.8) is 0 Å². The van der Waals surface area contributed by atoms with Gasteiger partial charge < -0.3 is 14.8 Å². The molecule has 0 radical (unpaired) electrons. The summed E-state index contributed by atoms with van der Waals surface area (Å²) in [5.41, 5.74) is 5.00. The molecule has 1 aromatic rings. The van der Waals surface area contributed by atoms with Crippen molar-refractivity contribution in [3.8, 4) is 11.5 Å². The number of ether oxygens (including phenoxy) is 2. The molecule has 7 nitrogen and oxygen atoms in total. The molecule has 1 aliphatic heterocycles. The maximum absolute atomic E-state index is 11.6. The lowest BCUT2D eigenvalue weighted by Crippen LogP contribution is -2.44. The molecule has 1 fully saturated rings. The number of hydrogen-bond donors (Lipinski definition) is 3. The highest BCUT2D eigenvalue weighted by molar-refractivity contribution is 5.90. The quantitative estimate of drug-likeness (QED) is 0.616. The third-order valence-electron chi connectivity index (χ3n) is 2.82. The summed E-state index contributed by atoms with van der Waals surface area (Å²) in [6.45, 7) is 0.726. The van der Waals surface area contributed by atoms with Crippen LogP contribution in [-0.2, 0) is 9.59 Å². The molecule has 0 spiro atoms. The van der Waals surface area contributed by atoms with Crippen LogP contribution in [0.4, 0.5) is 0 Å². The van der Waals surface area contributed by atoms with Crippen LogP contribution in [0.3, 0.4) is 0 Å². The Hall–Kier alpha value is -2.28. The van der Waals surface area contributed by atoms with Gasteiger partial charge in [0.2, 0.25) is 11.8 Å². The minimum absolute atomic E-state index is 0.158. The van der Waals surface area contributed by atoms with Crippen molar-refractivity contribution in [2.45, 2.75) is 12.5 Å². The average Bonchev–Trinajstić information content (AvgIpc) is 2.91. The predicted molar refractivity (Wildman–Crippen MR) is 71.2 cm³/mol. The first kappa shape index (κ1) is 14.1. The molecular weight excluding hydrogens is 262 g/mol. The van der Waals surface area contributed by atoms with E-state index in [0.29, 0.717) is 18.9 Å². The lowest BCUT2D eigenvalue weighted by Gasteiger charge is -2.11. The zero-order chi connectivity index (χ0) is 14.4. The second-order valence-electron chi connectivity index (χ2n) is 4.26. The van der Waals surface area contributed by atoms with Crippen LogP contribution in [0, 0.1) is 0 Å². The first-order valence-electron chi connectivity index (χ1n) is 6.28. The monoisotopic (exact) mass is 279 g/mol. The van der Waals surface area contributed by atoms with Crippen molar-refractivity contribution in [1.29, 1.82) is 0 Å². The van der Waals surface area contributed by atoms with Crippen molar-refractivity contribution in [3.05, 3.63) is 24.3 Å². The number of carbonyl (C=O) groups is 2. The molecule has 2 rings (SSSR count). The van der Waals surface area contributed by atoms with E-state index >= 15 is 0 Å². The lowest BCUT2D eigenvalue weighted by molar-refractivity contribution is -0.124. The third kappa shape index (κ3) is 3.86. The Bertz CT molecular complexity index is 475. The van der Waals surface area contributed by atoms with E-state index in [9.17, 15) is 9.59 Å². The van der Waals surface area contributed by atoms with Crippen molar-refractivity contribution in [2.75, 3.05) is 20.3 Å². The minimum Gasteiger partial charge on any atom is -0.497 e. The standard InChI is InChI=1S/C13H17N3O4/c1-19-9-2-4-10(5-3-9)20-7-6-14-13(18)11-8-12(17)16-15-11/h2-5,11,15H,6-8H2,1H3,(H,14,18)(H,16,17). The molecule has 0 saturated carbocycles. The highest BCUT2D eigenvalue weighted by Gasteiger charge is 2.26. The van der Waals surface area contributed by atoms with E-state index in [1.54, 1.807) is 31.4 Å². The number of methoxy groups -OCH3 is 1. The second kappa shape index (κ2) is 6.76. The van der Waals surface area contributed by atoms with Gasteiger partial charge in [0, 0.05) is 0 Å². The molecular formula is C13H17N3O4. The Kier molecular flexibility index (Phi) is 4.78. The largest absolute Gasteiger partial charge is 0.497 e. The Labute approximate surface area is 116 Å². The first-order valence-corrected chi connectivity index (χ1v) is 6.28. The fourth-order valence-electron chi connectivity index (χ4n) is 1.75. The third-order valence-corrected chi connectivity index (χ3v) is 2.82. The zero-order valence-electron chi connectivity index (χ0n) is 11.1. The molecule has 108 valence electrons. The van der Waals surface area contributed by atoms with Crippen LogP contribution in [0.5, 0.6) is 11.5 Å². The molecule has 1 aliphatic rings. The van der Waals surface area contributed by atoms with Crippen molar-refractivity contribution < 1.29 is 19.1 Å². The second-order valence-corrected chi connectivity index (χ2v) is 4.26. The summed E-state index contributed by atoms with van der Waals surface area (Å²) in [6.07, 6.45) is 0.158. The molecule has 0 aromatic heterocycles. The first-order chi connectivity index (χ1) is 9.69. The minimum atomic E-state index is -0.511. The summed E-state index contributed by atoms with van der Waals surface area (Å²) in [6, 6.07) is 6.67. The van der Waals surface area contributed by atoms with E-state index < -0.39 is 6.04 Å². The van der Waals surface area contributed by atoms with Gasteiger partial charge in [0.25, 0.3) is 0 Å². The summed E-state index contributed by atoms with van der Waals surface area (Å²) >= 11 is 0. The van der Waals surface area contributed by atoms with Gasteiger partial charge >= 0.3 is 0 Å². The summed E-state index contributed by atoms with van der Waals surface area (Å²) in [5, 5.41) is 2.69. The van der Waals surface area contributed by atoms with Crippen LogP contribution < -0.4 is 25.6 Å². The smallest absolute Gasteiger partial charge is 0.239 e. The molecule has 1 unspecified atom stereocenters. The van der Waals surface area contributed by atoms with Gasteiger partial charge in [-0.15, -0.1) is 0 Å². The Balaban J connectivity index is 1.65. The van der Waals surface area contributed by atoms with E-state index in [0.717, 1.165) is 5.75 Å². The van der Waals surface area contributed by atoms with Gasteiger partial charge in [0.05, 0.1) is 20.1 Å². The molecule has 7 heteroatoms. The van der Waals surface area contributed by atoms with E-state index in [1.807, 2.05) is 0 Å². The highest BCUT2D eigenvalue weighted by atomic mass is 16.5. The fraction of sp³-hybridized carbons (Fsp3) is 0.385. The van der Waals surface area contributed by atoms with Crippen molar-refractivity contribution >= 4 is 11.8 Å². The number of hydrogen-bond acceptors (Lipinski definition) is 5. The maximum Gasteiger partial charge on any atom is 0.239 e. The van der Waals surface area contributed by atoms with E-state index in [4.69, 9.17) is 9.47 Å². The molecule has 1 aromatic carbocycles. The van der Waals surface area contributed by atoms with Gasteiger partial charge in [0.1, 0.15) is 24.1 Å². The molecule has 2 amide bonds. The van der Waals surface area contributed by atoms with Crippen LogP contribution in [0.15, 0.2) is 24.3 Å². The van der Waals surface area contributed by atoms with Gasteiger partial charge in [-0.3, -0.25) is 15.0 Å². The van der Waals surface area contributed by atoms with Gasteiger partial charge in [-0.25, -0.2) is 5.43 Å². The number of benzene rings is 1. The average molecular weight is 279 g/mol.